The lowest BCUT2D eigenvalue weighted by molar-refractivity contribution is 0.165. The number of phenolic OH excluding ortho intramolecular Hbond substituents is 1. The predicted molar refractivity (Wildman–Crippen MR) is 127 cm³/mol. The van der Waals surface area contributed by atoms with Gasteiger partial charge in [-0.25, -0.2) is 9.97 Å². The van der Waals surface area contributed by atoms with E-state index in [1.807, 2.05) is 18.3 Å². The van der Waals surface area contributed by atoms with Crippen LogP contribution in [0.1, 0.15) is 30.3 Å². The number of methoxy groups -OCH3 is 1. The lowest BCUT2D eigenvalue weighted by Gasteiger charge is -2.33. The second-order valence-corrected chi connectivity index (χ2v) is 8.44. The summed E-state index contributed by atoms with van der Waals surface area (Å²) in [4.78, 5) is 11.8. The third-order valence-electron chi connectivity index (χ3n) is 6.06. The van der Waals surface area contributed by atoms with Crippen molar-refractivity contribution >= 4 is 0 Å². The molecule has 1 aliphatic heterocycles. The van der Waals surface area contributed by atoms with E-state index in [2.05, 4.69) is 46.4 Å². The summed E-state index contributed by atoms with van der Waals surface area (Å²) in [6.07, 6.45) is 4.40. The molecule has 1 aliphatic rings. The highest BCUT2D eigenvalue weighted by molar-refractivity contribution is 5.59. The zero-order valence-corrected chi connectivity index (χ0v) is 18.9. The minimum atomic E-state index is 0.179. The molecular weight excluding hydrogens is 400 g/mol. The van der Waals surface area contributed by atoms with Crippen molar-refractivity contribution in [3.8, 4) is 22.8 Å². The van der Waals surface area contributed by atoms with Crippen LogP contribution in [0.2, 0.25) is 0 Å². The molecule has 0 aliphatic carbocycles. The average molecular weight is 433 g/mol. The number of rotatable bonds is 8. The van der Waals surface area contributed by atoms with Gasteiger partial charge in [-0.15, -0.1) is 0 Å². The fourth-order valence-electron chi connectivity index (χ4n) is 4.20. The van der Waals surface area contributed by atoms with Gasteiger partial charge in [0, 0.05) is 50.4 Å². The Bertz CT molecular complexity index is 1040. The predicted octanol–water partition coefficient (Wildman–Crippen LogP) is 3.83. The van der Waals surface area contributed by atoms with Crippen LogP contribution in [0.15, 0.2) is 54.7 Å². The molecule has 0 saturated carbocycles. The maximum atomic E-state index is 9.95. The van der Waals surface area contributed by atoms with Crippen molar-refractivity contribution in [2.24, 2.45) is 0 Å². The monoisotopic (exact) mass is 432 g/mol. The standard InChI is InChI=1S/C26H32N4O2/c1-19-17-27-13-14-30(19)18-21-6-3-7-22(15-21)23-11-12-28-26(29-23)8-4-5-20-9-10-25(32-2)24(31)16-20/h3,6-7,9-12,15-16,19,27,31H,4-5,8,13-14,17-18H2,1-2H3/t19-/m0/s1. The molecular formula is C26H32N4O2. The molecule has 3 aromatic rings. The summed E-state index contributed by atoms with van der Waals surface area (Å²) in [5.74, 6) is 1.53. The number of aromatic nitrogens is 2. The van der Waals surface area contributed by atoms with E-state index in [1.165, 1.54) is 5.56 Å². The fraction of sp³-hybridized carbons (Fsp3) is 0.385. The maximum absolute atomic E-state index is 9.95. The van der Waals surface area contributed by atoms with Gasteiger partial charge in [-0.05, 0) is 55.2 Å². The van der Waals surface area contributed by atoms with Gasteiger partial charge in [-0.3, -0.25) is 4.90 Å². The number of aryl methyl sites for hydroxylation is 2. The molecule has 32 heavy (non-hydrogen) atoms. The highest BCUT2D eigenvalue weighted by Crippen LogP contribution is 2.27. The lowest BCUT2D eigenvalue weighted by Crippen LogP contribution is -2.49. The molecule has 0 radical (unpaired) electrons. The van der Waals surface area contributed by atoms with Gasteiger partial charge in [-0.2, -0.15) is 0 Å². The molecule has 1 fully saturated rings. The molecule has 2 N–H and O–H groups in total. The first-order valence-electron chi connectivity index (χ1n) is 11.3. The molecule has 0 amide bonds. The van der Waals surface area contributed by atoms with Gasteiger partial charge in [-0.1, -0.05) is 24.3 Å². The summed E-state index contributed by atoms with van der Waals surface area (Å²) < 4.78 is 5.11. The van der Waals surface area contributed by atoms with E-state index in [0.717, 1.165) is 68.1 Å². The molecule has 0 unspecified atom stereocenters. The highest BCUT2D eigenvalue weighted by Gasteiger charge is 2.18. The van der Waals surface area contributed by atoms with Crippen molar-refractivity contribution < 1.29 is 9.84 Å². The van der Waals surface area contributed by atoms with Crippen LogP contribution in [0.3, 0.4) is 0 Å². The van der Waals surface area contributed by atoms with E-state index in [-0.39, 0.29) is 5.75 Å². The third-order valence-corrected chi connectivity index (χ3v) is 6.06. The molecule has 6 heteroatoms. The Kier molecular flexibility index (Phi) is 7.35. The van der Waals surface area contributed by atoms with Crippen molar-refractivity contribution in [3.05, 3.63) is 71.7 Å². The molecule has 0 bridgehead atoms. The minimum Gasteiger partial charge on any atom is -0.504 e. The van der Waals surface area contributed by atoms with Crippen molar-refractivity contribution in [2.75, 3.05) is 26.7 Å². The number of nitrogens with zero attached hydrogens (tertiary/aromatic N) is 3. The Hall–Kier alpha value is -2.96. The van der Waals surface area contributed by atoms with E-state index < -0.39 is 0 Å². The quantitative estimate of drug-likeness (QED) is 0.564. The highest BCUT2D eigenvalue weighted by atomic mass is 16.5. The SMILES string of the molecule is COc1ccc(CCCc2nccc(-c3cccc(CN4CCNC[C@@H]4C)c3)n2)cc1O. The van der Waals surface area contributed by atoms with Crippen LogP contribution in [-0.2, 0) is 19.4 Å². The summed E-state index contributed by atoms with van der Waals surface area (Å²) in [6.45, 7) is 6.42. The molecule has 6 nitrogen and oxygen atoms in total. The number of benzene rings is 2. The number of ether oxygens (including phenoxy) is 1. The van der Waals surface area contributed by atoms with Crippen molar-refractivity contribution in [3.63, 3.8) is 0 Å². The van der Waals surface area contributed by atoms with Crippen LogP contribution in [0.4, 0.5) is 0 Å². The smallest absolute Gasteiger partial charge is 0.160 e. The Morgan fingerprint density at radius 1 is 1.12 bits per heavy atom. The first-order chi connectivity index (χ1) is 15.6. The molecule has 4 rings (SSSR count). The van der Waals surface area contributed by atoms with E-state index in [1.54, 1.807) is 19.2 Å². The molecule has 2 heterocycles. The number of aromatic hydroxyl groups is 1. The van der Waals surface area contributed by atoms with Crippen LogP contribution in [0, 0.1) is 0 Å². The van der Waals surface area contributed by atoms with Crippen molar-refractivity contribution in [1.82, 2.24) is 20.2 Å². The molecule has 0 spiro atoms. The summed E-state index contributed by atoms with van der Waals surface area (Å²) in [5.41, 5.74) is 4.49. The summed E-state index contributed by atoms with van der Waals surface area (Å²) in [5, 5.41) is 13.4. The van der Waals surface area contributed by atoms with E-state index >= 15 is 0 Å². The fourth-order valence-corrected chi connectivity index (χ4v) is 4.20. The van der Waals surface area contributed by atoms with Crippen molar-refractivity contribution in [1.29, 1.82) is 0 Å². The maximum Gasteiger partial charge on any atom is 0.160 e. The molecule has 2 aromatic carbocycles. The lowest BCUT2D eigenvalue weighted by atomic mass is 10.1. The van der Waals surface area contributed by atoms with Crippen LogP contribution in [0.5, 0.6) is 11.5 Å². The van der Waals surface area contributed by atoms with Crippen LogP contribution in [0.25, 0.3) is 11.3 Å². The van der Waals surface area contributed by atoms with Crippen LogP contribution in [-0.4, -0.2) is 52.8 Å². The second-order valence-electron chi connectivity index (χ2n) is 8.44. The van der Waals surface area contributed by atoms with Gasteiger partial charge in [0.15, 0.2) is 11.5 Å². The Labute approximate surface area is 190 Å². The molecule has 1 saturated heterocycles. The Balaban J connectivity index is 1.39. The van der Waals surface area contributed by atoms with Crippen LogP contribution < -0.4 is 10.1 Å². The normalized spacial score (nSPS) is 16.8. The van der Waals surface area contributed by atoms with E-state index in [0.29, 0.717) is 11.8 Å². The van der Waals surface area contributed by atoms with Gasteiger partial charge in [0.25, 0.3) is 0 Å². The van der Waals surface area contributed by atoms with E-state index in [4.69, 9.17) is 9.72 Å². The van der Waals surface area contributed by atoms with Gasteiger partial charge in [0.05, 0.1) is 12.8 Å². The van der Waals surface area contributed by atoms with Gasteiger partial charge < -0.3 is 15.2 Å². The number of phenols is 1. The molecule has 168 valence electrons. The summed E-state index contributed by atoms with van der Waals surface area (Å²) in [7, 11) is 1.56. The zero-order chi connectivity index (χ0) is 22.3. The van der Waals surface area contributed by atoms with Crippen LogP contribution >= 0.6 is 0 Å². The van der Waals surface area contributed by atoms with Gasteiger partial charge >= 0.3 is 0 Å². The number of hydrogen-bond acceptors (Lipinski definition) is 6. The van der Waals surface area contributed by atoms with Gasteiger partial charge in [0.2, 0.25) is 0 Å². The summed E-state index contributed by atoms with van der Waals surface area (Å²) >= 11 is 0. The first-order valence-corrected chi connectivity index (χ1v) is 11.3. The molecule has 1 atom stereocenters. The Morgan fingerprint density at radius 2 is 2.03 bits per heavy atom. The third kappa shape index (κ3) is 5.64. The largest absolute Gasteiger partial charge is 0.504 e. The zero-order valence-electron chi connectivity index (χ0n) is 18.9. The van der Waals surface area contributed by atoms with Crippen molar-refractivity contribution in [2.45, 2.75) is 38.8 Å². The first kappa shape index (κ1) is 22.2. The Morgan fingerprint density at radius 3 is 2.84 bits per heavy atom. The second kappa shape index (κ2) is 10.6. The number of hydrogen-bond donors (Lipinski definition) is 2. The van der Waals surface area contributed by atoms with E-state index in [9.17, 15) is 5.11 Å². The molecule has 1 aromatic heterocycles. The number of piperazine rings is 1. The average Bonchev–Trinajstić information content (AvgIpc) is 2.81. The topological polar surface area (TPSA) is 70.5 Å². The van der Waals surface area contributed by atoms with Gasteiger partial charge in [0.1, 0.15) is 5.82 Å². The minimum absolute atomic E-state index is 0.179. The summed E-state index contributed by atoms with van der Waals surface area (Å²) in [6, 6.07) is 16.8. The number of nitrogens with one attached hydrogen (secondary N) is 1.